The monoisotopic (exact) mass is 504 g/mol. The maximum Gasteiger partial charge on any atom is 0.310 e. The molecule has 0 aliphatic heterocycles. The van der Waals surface area contributed by atoms with Crippen molar-refractivity contribution in [1.29, 1.82) is 0 Å². The van der Waals surface area contributed by atoms with E-state index in [1.54, 1.807) is 13.8 Å². The van der Waals surface area contributed by atoms with Gasteiger partial charge in [-0.05, 0) is 90.8 Å². The molecule has 5 aliphatic carbocycles. The first kappa shape index (κ1) is 26.6. The molecule has 5 rings (SSSR count). The summed E-state index contributed by atoms with van der Waals surface area (Å²) in [6.45, 7) is 14.9. The van der Waals surface area contributed by atoms with Crippen LogP contribution in [-0.4, -0.2) is 43.1 Å². The molecule has 6 heteroatoms. The highest BCUT2D eigenvalue weighted by molar-refractivity contribution is 5.76. The van der Waals surface area contributed by atoms with Crippen molar-refractivity contribution in [2.45, 2.75) is 111 Å². The van der Waals surface area contributed by atoms with E-state index in [1.807, 2.05) is 0 Å². The minimum atomic E-state index is -2.61. The quantitative estimate of drug-likeness (QED) is 0.261. The summed E-state index contributed by atoms with van der Waals surface area (Å²) in [5.41, 5.74) is -1.29. The van der Waals surface area contributed by atoms with Crippen LogP contribution in [-0.2, 0) is 4.79 Å². The summed E-state index contributed by atoms with van der Waals surface area (Å²) in [5.74, 6) is -5.00. The molecule has 0 aromatic rings. The van der Waals surface area contributed by atoms with Crippen molar-refractivity contribution < 1.29 is 30.3 Å². The normalized spacial score (nSPS) is 52.6. The summed E-state index contributed by atoms with van der Waals surface area (Å²) in [6, 6.07) is 0. The summed E-state index contributed by atoms with van der Waals surface area (Å²) in [7, 11) is 0. The molecule has 5 aliphatic rings. The fourth-order valence-corrected chi connectivity index (χ4v) is 11.1. The van der Waals surface area contributed by atoms with Gasteiger partial charge in [-0.15, -0.1) is 0 Å². The van der Waals surface area contributed by atoms with Gasteiger partial charge in [0.15, 0.2) is 0 Å². The Kier molecular flexibility index (Phi) is 5.45. The van der Waals surface area contributed by atoms with Crippen LogP contribution >= 0.6 is 0 Å². The zero-order valence-electron chi connectivity index (χ0n) is 23.3. The largest absolute Gasteiger partial charge is 0.481 e. The van der Waals surface area contributed by atoms with Crippen LogP contribution in [0, 0.1) is 56.7 Å². The molecule has 0 heterocycles. The molecule has 9 atom stereocenters. The molecule has 0 saturated heterocycles. The fourth-order valence-electron chi connectivity index (χ4n) is 11.1. The van der Waals surface area contributed by atoms with Gasteiger partial charge in [-0.3, -0.25) is 4.79 Å². The van der Waals surface area contributed by atoms with Crippen molar-refractivity contribution in [1.82, 2.24) is 0 Å². The lowest BCUT2D eigenvalue weighted by molar-refractivity contribution is -0.443. The number of carboxylic acids is 1. The van der Waals surface area contributed by atoms with E-state index in [2.05, 4.69) is 40.7 Å². The first-order chi connectivity index (χ1) is 16.3. The summed E-state index contributed by atoms with van der Waals surface area (Å²) in [5, 5.41) is 54.4. The lowest BCUT2D eigenvalue weighted by Gasteiger charge is -2.72. The predicted octanol–water partition coefficient (Wildman–Crippen LogP) is 4.70. The van der Waals surface area contributed by atoms with E-state index < -0.39 is 33.8 Å². The number of allylic oxidation sites excluding steroid dienone is 2. The van der Waals surface area contributed by atoms with Gasteiger partial charge in [0, 0.05) is 11.8 Å². The van der Waals surface area contributed by atoms with E-state index in [0.29, 0.717) is 18.3 Å². The summed E-state index contributed by atoms with van der Waals surface area (Å²) in [6.07, 6.45) is 7.92. The number of aliphatic carboxylic acids is 1. The number of aliphatic hydroxyl groups is 4. The highest BCUT2D eigenvalue weighted by Gasteiger charge is 2.75. The average Bonchev–Trinajstić information content (AvgIpc) is 2.75. The van der Waals surface area contributed by atoms with Gasteiger partial charge in [-0.2, -0.15) is 0 Å². The van der Waals surface area contributed by atoms with Gasteiger partial charge < -0.3 is 25.5 Å². The van der Waals surface area contributed by atoms with E-state index in [-0.39, 0.29) is 35.0 Å². The lowest BCUT2D eigenvalue weighted by Crippen LogP contribution is -2.75. The van der Waals surface area contributed by atoms with Crippen molar-refractivity contribution >= 4 is 5.97 Å². The van der Waals surface area contributed by atoms with E-state index in [4.69, 9.17) is 0 Å². The third-order valence-electron chi connectivity index (χ3n) is 13.6. The molecular formula is C30H48O6. The molecule has 6 nitrogen and oxygen atoms in total. The number of hydrogen-bond acceptors (Lipinski definition) is 5. The third kappa shape index (κ3) is 2.80. The Hall–Kier alpha value is -0.950. The maximum absolute atomic E-state index is 12.8. The molecule has 0 aromatic heterocycles. The first-order valence-corrected chi connectivity index (χ1v) is 14.2. The number of fused-ring (bicyclic) bond motifs is 7. The topological polar surface area (TPSA) is 118 Å². The minimum absolute atomic E-state index is 0.0286. The second-order valence-electron chi connectivity index (χ2n) is 15.0. The number of hydrogen-bond donors (Lipinski definition) is 5. The molecule has 5 N–H and O–H groups in total. The Morgan fingerprint density at radius 1 is 0.889 bits per heavy atom. The first-order valence-electron chi connectivity index (χ1n) is 14.2. The molecule has 0 amide bonds. The molecule has 0 aromatic carbocycles. The lowest BCUT2D eigenvalue weighted by atomic mass is 9.32. The van der Waals surface area contributed by atoms with Crippen molar-refractivity contribution in [3.63, 3.8) is 0 Å². The molecular weight excluding hydrogens is 456 g/mol. The molecule has 0 bridgehead atoms. The standard InChI is InChI=1S/C30H48O6/c1-17-10-13-28(23(31)32)15-14-26(6)19(22(28)18(17)2)8-9-21-25(5)16-29(33,34)30(35,36)24(3,4)20(25)11-12-27(21,26)7/h8,17-18,20-22,33-36H,9-16H2,1-7H3,(H,31,32)/t17-,18+,20?,21-,22+,25+,26-,27-,28+/m1/s1. The van der Waals surface area contributed by atoms with Crippen molar-refractivity contribution in [2.24, 2.45) is 56.7 Å². The molecule has 4 fully saturated rings. The molecule has 1 unspecified atom stereocenters. The Labute approximate surface area is 216 Å². The second-order valence-corrected chi connectivity index (χ2v) is 15.0. The smallest absolute Gasteiger partial charge is 0.310 e. The van der Waals surface area contributed by atoms with Crippen LogP contribution in [0.2, 0.25) is 0 Å². The Morgan fingerprint density at radius 3 is 2.14 bits per heavy atom. The van der Waals surface area contributed by atoms with Gasteiger partial charge >= 0.3 is 5.97 Å². The minimum Gasteiger partial charge on any atom is -0.481 e. The van der Waals surface area contributed by atoms with E-state index in [0.717, 1.165) is 38.5 Å². The summed E-state index contributed by atoms with van der Waals surface area (Å²) >= 11 is 0. The molecule has 0 spiro atoms. The summed E-state index contributed by atoms with van der Waals surface area (Å²) < 4.78 is 0. The highest BCUT2D eigenvalue weighted by atomic mass is 16.6. The number of carboxylic acid groups (broad SMARTS) is 1. The zero-order valence-corrected chi connectivity index (χ0v) is 23.3. The maximum atomic E-state index is 12.8. The van der Waals surface area contributed by atoms with Crippen molar-refractivity contribution in [3.8, 4) is 0 Å². The van der Waals surface area contributed by atoms with Gasteiger partial charge in [0.2, 0.25) is 11.6 Å². The fraction of sp³-hybridized carbons (Fsp3) is 0.900. The zero-order chi connectivity index (χ0) is 26.9. The van der Waals surface area contributed by atoms with Crippen LogP contribution in [0.4, 0.5) is 0 Å². The molecule has 4 saturated carbocycles. The number of carbonyl (C=O) groups is 1. The highest BCUT2D eigenvalue weighted by Crippen LogP contribution is 2.76. The summed E-state index contributed by atoms with van der Waals surface area (Å²) in [4.78, 5) is 12.8. The Balaban J connectivity index is 1.64. The molecule has 204 valence electrons. The Morgan fingerprint density at radius 2 is 1.53 bits per heavy atom. The SMILES string of the molecule is C[C@H]1[C@H](C)CC[C@]2(C(=O)O)CC[C@]3(C)C(=CC[C@@H]4[C@@]5(C)CC(O)(O)C(O)(O)C(C)(C)C5CC[C@]43C)[C@H]12. The predicted molar refractivity (Wildman–Crippen MR) is 136 cm³/mol. The van der Waals surface area contributed by atoms with Crippen LogP contribution in [0.25, 0.3) is 0 Å². The second kappa shape index (κ2) is 7.37. The van der Waals surface area contributed by atoms with E-state index in [9.17, 15) is 30.3 Å². The molecule has 36 heavy (non-hydrogen) atoms. The van der Waals surface area contributed by atoms with Crippen LogP contribution in [0.1, 0.15) is 99.8 Å². The molecule has 0 radical (unpaired) electrons. The van der Waals surface area contributed by atoms with Crippen molar-refractivity contribution in [2.75, 3.05) is 0 Å². The Bertz CT molecular complexity index is 997. The van der Waals surface area contributed by atoms with Crippen LogP contribution in [0.5, 0.6) is 0 Å². The van der Waals surface area contributed by atoms with Crippen LogP contribution < -0.4 is 0 Å². The third-order valence-corrected chi connectivity index (χ3v) is 13.6. The average molecular weight is 505 g/mol. The van der Waals surface area contributed by atoms with Crippen molar-refractivity contribution in [3.05, 3.63) is 11.6 Å². The van der Waals surface area contributed by atoms with Crippen LogP contribution in [0.3, 0.4) is 0 Å². The van der Waals surface area contributed by atoms with E-state index >= 15 is 0 Å². The van der Waals surface area contributed by atoms with E-state index in [1.165, 1.54) is 5.57 Å². The van der Waals surface area contributed by atoms with Gasteiger partial charge in [0.25, 0.3) is 0 Å². The number of rotatable bonds is 1. The van der Waals surface area contributed by atoms with Gasteiger partial charge in [0.1, 0.15) is 0 Å². The van der Waals surface area contributed by atoms with Gasteiger partial charge in [-0.25, -0.2) is 0 Å². The van der Waals surface area contributed by atoms with Crippen LogP contribution in [0.15, 0.2) is 11.6 Å². The van der Waals surface area contributed by atoms with Gasteiger partial charge in [0.05, 0.1) is 5.41 Å². The van der Waals surface area contributed by atoms with Gasteiger partial charge in [-0.1, -0.05) is 60.1 Å².